The number of nitrogens with zero attached hydrogens (tertiary/aromatic N) is 3. The molecule has 9 heteroatoms. The van der Waals surface area contributed by atoms with Crippen molar-refractivity contribution in [2.45, 2.75) is 38.7 Å². The van der Waals surface area contributed by atoms with Crippen molar-refractivity contribution in [3.05, 3.63) is 53.7 Å². The first-order valence-corrected chi connectivity index (χ1v) is 12.0. The predicted molar refractivity (Wildman–Crippen MR) is 133 cm³/mol. The van der Waals surface area contributed by atoms with Gasteiger partial charge in [0.1, 0.15) is 11.6 Å². The molecule has 3 aromatic heterocycles. The Morgan fingerprint density at radius 2 is 1.77 bits per heavy atom. The first-order chi connectivity index (χ1) is 17.0. The number of rotatable bonds is 7. The van der Waals surface area contributed by atoms with E-state index in [9.17, 15) is 4.79 Å². The first-order valence-electron chi connectivity index (χ1n) is 11.7. The molecule has 4 aromatic rings. The number of H-pyrrole nitrogens is 1. The molecule has 0 spiro atoms. The number of imidazole rings is 1. The smallest absolute Gasteiger partial charge is 0.306 e. The van der Waals surface area contributed by atoms with E-state index >= 15 is 0 Å². The summed E-state index contributed by atoms with van der Waals surface area (Å²) in [4.78, 5) is 27.8. The van der Waals surface area contributed by atoms with Gasteiger partial charge >= 0.3 is 5.97 Å². The first kappa shape index (κ1) is 23.1. The number of hydrogen-bond acceptors (Lipinski definition) is 6. The summed E-state index contributed by atoms with van der Waals surface area (Å²) in [7, 11) is 0. The molecular formula is C26H25ClN4O4. The molecule has 1 aromatic carbocycles. The van der Waals surface area contributed by atoms with Gasteiger partial charge in [-0.05, 0) is 50.3 Å². The monoisotopic (exact) mass is 492 g/mol. The molecule has 8 nitrogen and oxygen atoms in total. The van der Waals surface area contributed by atoms with Crippen molar-refractivity contribution in [2.24, 2.45) is 5.92 Å². The van der Waals surface area contributed by atoms with Gasteiger partial charge in [0, 0.05) is 23.4 Å². The zero-order chi connectivity index (χ0) is 24.4. The van der Waals surface area contributed by atoms with Gasteiger partial charge in [-0.1, -0.05) is 35.9 Å². The zero-order valence-electron chi connectivity index (χ0n) is 19.2. The van der Waals surface area contributed by atoms with Crippen molar-refractivity contribution >= 4 is 28.7 Å². The van der Waals surface area contributed by atoms with E-state index < -0.39 is 5.97 Å². The quantitative estimate of drug-likeness (QED) is 0.337. The Bertz CT molecular complexity index is 1330. The lowest BCUT2D eigenvalue weighted by molar-refractivity contribution is -0.143. The topological polar surface area (TPSA) is 110 Å². The fourth-order valence-electron chi connectivity index (χ4n) is 4.34. The molecule has 0 aliphatic heterocycles. The van der Waals surface area contributed by atoms with Crippen LogP contribution in [0.2, 0.25) is 5.02 Å². The van der Waals surface area contributed by atoms with Crippen LogP contribution in [0.15, 0.2) is 48.7 Å². The second-order valence-corrected chi connectivity index (χ2v) is 8.96. The molecule has 0 bridgehead atoms. The van der Waals surface area contributed by atoms with Gasteiger partial charge in [0.2, 0.25) is 5.88 Å². The summed E-state index contributed by atoms with van der Waals surface area (Å²) in [5.41, 5.74) is 4.73. The van der Waals surface area contributed by atoms with E-state index in [0.29, 0.717) is 66.1 Å². The largest absolute Gasteiger partial charge is 0.481 e. The Hall–Kier alpha value is -3.65. The minimum absolute atomic E-state index is 0.0641. The summed E-state index contributed by atoms with van der Waals surface area (Å²) in [6, 6.07) is 13.9. The van der Waals surface area contributed by atoms with Crippen LogP contribution >= 0.6 is 11.6 Å². The third-order valence-corrected chi connectivity index (χ3v) is 6.51. The van der Waals surface area contributed by atoms with E-state index in [2.05, 4.69) is 15.0 Å². The third-order valence-electron chi connectivity index (χ3n) is 6.23. The molecular weight excluding hydrogens is 468 g/mol. The van der Waals surface area contributed by atoms with Gasteiger partial charge in [-0.25, -0.2) is 9.97 Å². The van der Waals surface area contributed by atoms with Gasteiger partial charge in [0.15, 0.2) is 5.65 Å². The number of aromatic nitrogens is 4. The summed E-state index contributed by atoms with van der Waals surface area (Å²) in [5.74, 6) is -0.415. The number of pyridine rings is 2. The second kappa shape index (κ2) is 9.92. The minimum atomic E-state index is -0.734. The number of aromatic amines is 1. The molecule has 1 fully saturated rings. The third kappa shape index (κ3) is 5.07. The van der Waals surface area contributed by atoms with E-state index in [1.54, 1.807) is 12.3 Å². The van der Waals surface area contributed by atoms with E-state index in [4.69, 9.17) is 31.2 Å². The summed E-state index contributed by atoms with van der Waals surface area (Å²) in [6.07, 6.45) is 4.31. The summed E-state index contributed by atoms with van der Waals surface area (Å²) in [5, 5.41) is 9.66. The van der Waals surface area contributed by atoms with Crippen LogP contribution < -0.4 is 9.47 Å². The van der Waals surface area contributed by atoms with Crippen LogP contribution in [0.3, 0.4) is 0 Å². The van der Waals surface area contributed by atoms with Crippen molar-refractivity contribution in [1.82, 2.24) is 19.9 Å². The molecule has 1 aliphatic carbocycles. The van der Waals surface area contributed by atoms with Gasteiger partial charge in [0.25, 0.3) is 6.01 Å². The normalized spacial score (nSPS) is 17.9. The molecule has 35 heavy (non-hydrogen) atoms. The van der Waals surface area contributed by atoms with Gasteiger partial charge in [-0.3, -0.25) is 9.78 Å². The zero-order valence-corrected chi connectivity index (χ0v) is 20.0. The highest BCUT2D eigenvalue weighted by Gasteiger charge is 2.27. The van der Waals surface area contributed by atoms with E-state index in [1.165, 1.54) is 0 Å². The molecule has 0 radical (unpaired) electrons. The molecule has 0 atom stereocenters. The maximum Gasteiger partial charge on any atom is 0.306 e. The fraction of sp³-hybridized carbons (Fsp3) is 0.308. The van der Waals surface area contributed by atoms with Crippen LogP contribution in [0.25, 0.3) is 33.5 Å². The SMILES string of the molecule is CCOc1ccc(-c2ccc(-c3nc4[nH]c(OC5CCC(C(=O)O)CC5)nc4cc3Cl)cc2)cn1. The number of nitrogens with one attached hydrogen (secondary N) is 1. The van der Waals surface area contributed by atoms with Crippen molar-refractivity contribution in [3.8, 4) is 34.3 Å². The molecule has 5 rings (SSSR count). The molecule has 0 unspecified atom stereocenters. The lowest BCUT2D eigenvalue weighted by Gasteiger charge is -2.25. The molecule has 1 saturated carbocycles. The number of carboxylic acid groups (broad SMARTS) is 1. The number of ether oxygens (including phenoxy) is 2. The van der Waals surface area contributed by atoms with Crippen LogP contribution in [0.5, 0.6) is 11.9 Å². The van der Waals surface area contributed by atoms with Crippen LogP contribution in [0.1, 0.15) is 32.6 Å². The maximum atomic E-state index is 11.2. The van der Waals surface area contributed by atoms with Crippen molar-refractivity contribution in [3.63, 3.8) is 0 Å². The number of carbonyl (C=O) groups is 1. The lowest BCUT2D eigenvalue weighted by Crippen LogP contribution is -2.28. The lowest BCUT2D eigenvalue weighted by atomic mass is 9.87. The molecule has 3 heterocycles. The van der Waals surface area contributed by atoms with Crippen molar-refractivity contribution in [1.29, 1.82) is 0 Å². The number of aliphatic carboxylic acids is 1. The van der Waals surface area contributed by atoms with Crippen LogP contribution in [-0.2, 0) is 4.79 Å². The Balaban J connectivity index is 1.32. The van der Waals surface area contributed by atoms with Crippen LogP contribution in [0, 0.1) is 5.92 Å². The fourth-order valence-corrected chi connectivity index (χ4v) is 4.60. The van der Waals surface area contributed by atoms with Crippen LogP contribution in [0.4, 0.5) is 0 Å². The second-order valence-electron chi connectivity index (χ2n) is 8.55. The van der Waals surface area contributed by atoms with Gasteiger partial charge in [0.05, 0.1) is 23.2 Å². The Labute approximate surface area is 207 Å². The van der Waals surface area contributed by atoms with Gasteiger partial charge in [-0.2, -0.15) is 4.98 Å². The average molecular weight is 493 g/mol. The highest BCUT2D eigenvalue weighted by Crippen LogP contribution is 2.32. The van der Waals surface area contributed by atoms with Crippen LogP contribution in [-0.4, -0.2) is 43.7 Å². The molecule has 180 valence electrons. The Kier molecular flexibility index (Phi) is 6.55. The van der Waals surface area contributed by atoms with Gasteiger partial charge < -0.3 is 14.6 Å². The summed E-state index contributed by atoms with van der Waals surface area (Å²) < 4.78 is 11.4. The highest BCUT2D eigenvalue weighted by atomic mass is 35.5. The van der Waals surface area contributed by atoms with E-state index in [1.807, 2.05) is 43.3 Å². The Morgan fingerprint density at radius 3 is 2.43 bits per heavy atom. The average Bonchev–Trinajstić information content (AvgIpc) is 3.25. The molecule has 2 N–H and O–H groups in total. The van der Waals surface area contributed by atoms with Crippen molar-refractivity contribution < 1.29 is 19.4 Å². The number of hydrogen-bond donors (Lipinski definition) is 2. The minimum Gasteiger partial charge on any atom is -0.481 e. The number of fused-ring (bicyclic) bond motifs is 1. The Morgan fingerprint density at radius 1 is 1.06 bits per heavy atom. The maximum absolute atomic E-state index is 11.2. The van der Waals surface area contributed by atoms with E-state index in [0.717, 1.165) is 16.7 Å². The summed E-state index contributed by atoms with van der Waals surface area (Å²) in [6.45, 7) is 2.51. The van der Waals surface area contributed by atoms with E-state index in [-0.39, 0.29) is 12.0 Å². The number of halogens is 1. The van der Waals surface area contributed by atoms with Crippen molar-refractivity contribution in [2.75, 3.05) is 6.61 Å². The van der Waals surface area contributed by atoms with Gasteiger partial charge in [-0.15, -0.1) is 0 Å². The summed E-state index contributed by atoms with van der Waals surface area (Å²) >= 11 is 6.55. The predicted octanol–water partition coefficient (Wildman–Crippen LogP) is 5.76. The molecule has 1 aliphatic rings. The standard InChI is InChI=1S/C26H25ClN4O4/c1-2-34-22-12-9-18(14-28-22)15-3-5-16(6-4-15)23-20(27)13-21-24(30-23)31-26(29-21)35-19-10-7-17(8-11-19)25(32)33/h3-6,9,12-14,17,19H,2,7-8,10-11H2,1H3,(H,32,33)(H,29,30,31). The molecule has 0 amide bonds. The number of benzene rings is 1. The molecule has 0 saturated heterocycles. The highest BCUT2D eigenvalue weighted by molar-refractivity contribution is 6.33. The number of carboxylic acids is 1.